The Morgan fingerprint density at radius 1 is 1.27 bits per heavy atom. The van der Waals surface area contributed by atoms with E-state index in [4.69, 9.17) is 5.11 Å². The highest BCUT2D eigenvalue weighted by molar-refractivity contribution is 7.15. The van der Waals surface area contributed by atoms with Crippen LogP contribution in [-0.4, -0.2) is 59.4 Å². The Labute approximate surface area is 196 Å². The van der Waals surface area contributed by atoms with E-state index >= 15 is 0 Å². The molecule has 176 valence electrons. The lowest BCUT2D eigenvalue weighted by atomic mass is 10.1. The summed E-state index contributed by atoms with van der Waals surface area (Å²) in [6.45, 7) is 3.73. The summed E-state index contributed by atoms with van der Waals surface area (Å²) in [7, 11) is 1.66. The highest BCUT2D eigenvalue weighted by Gasteiger charge is 2.28. The molecular formula is C22H28N6O4S. The van der Waals surface area contributed by atoms with E-state index in [1.54, 1.807) is 7.05 Å². The number of aromatic nitrogens is 1. The lowest BCUT2D eigenvalue weighted by molar-refractivity contribution is -0.124. The number of carboxylic acid groups (broad SMARTS) is 1. The molecule has 0 radical (unpaired) electrons. The van der Waals surface area contributed by atoms with Crippen molar-refractivity contribution in [3.8, 4) is 0 Å². The van der Waals surface area contributed by atoms with Gasteiger partial charge in [0, 0.05) is 31.9 Å². The van der Waals surface area contributed by atoms with Crippen LogP contribution in [0, 0.1) is 5.92 Å². The number of hydrogen-bond acceptors (Lipinski definition) is 7. The average Bonchev–Trinajstić information content (AvgIpc) is 3.39. The van der Waals surface area contributed by atoms with Crippen LogP contribution in [0.15, 0.2) is 29.3 Å². The third kappa shape index (κ3) is 7.36. The van der Waals surface area contributed by atoms with Crippen LogP contribution < -0.4 is 16.0 Å². The molecule has 0 unspecified atom stereocenters. The molecule has 1 aliphatic rings. The number of nitrogens with one attached hydrogen (secondary N) is 3. The third-order valence-electron chi connectivity index (χ3n) is 5.31. The molecule has 1 fully saturated rings. The van der Waals surface area contributed by atoms with Gasteiger partial charge in [0.2, 0.25) is 11.8 Å². The maximum Gasteiger partial charge on any atom is 0.409 e. The molecule has 0 saturated carbocycles. The summed E-state index contributed by atoms with van der Waals surface area (Å²) in [4.78, 5) is 45.9. The van der Waals surface area contributed by atoms with Crippen LogP contribution in [0.4, 0.5) is 15.6 Å². The first kappa shape index (κ1) is 24.3. The van der Waals surface area contributed by atoms with Crippen molar-refractivity contribution in [1.82, 2.24) is 20.5 Å². The molecule has 4 N–H and O–H groups in total. The van der Waals surface area contributed by atoms with E-state index in [-0.39, 0.29) is 17.7 Å². The molecule has 1 aliphatic heterocycles. The van der Waals surface area contributed by atoms with Crippen LogP contribution in [-0.2, 0) is 29.0 Å². The van der Waals surface area contributed by atoms with Crippen LogP contribution in [0.5, 0.6) is 0 Å². The summed E-state index contributed by atoms with van der Waals surface area (Å²) < 4.78 is 0. The number of benzene rings is 1. The van der Waals surface area contributed by atoms with E-state index in [0.29, 0.717) is 30.3 Å². The molecule has 0 bridgehead atoms. The molecule has 1 aromatic heterocycles. The van der Waals surface area contributed by atoms with Crippen molar-refractivity contribution in [2.75, 3.05) is 25.5 Å². The summed E-state index contributed by atoms with van der Waals surface area (Å²) in [5.41, 5.74) is 2.69. The van der Waals surface area contributed by atoms with Gasteiger partial charge in [-0.15, -0.1) is 11.3 Å². The van der Waals surface area contributed by atoms with Gasteiger partial charge in [0.05, 0.1) is 23.6 Å². The molecule has 33 heavy (non-hydrogen) atoms. The van der Waals surface area contributed by atoms with Crippen molar-refractivity contribution in [3.05, 3.63) is 40.4 Å². The van der Waals surface area contributed by atoms with Gasteiger partial charge in [0.15, 0.2) is 5.13 Å². The van der Waals surface area contributed by atoms with Crippen LogP contribution in [0.1, 0.15) is 29.5 Å². The number of likely N-dealkylation sites (tertiary alicyclic amines) is 1. The zero-order chi connectivity index (χ0) is 23.8. The second-order valence-electron chi connectivity index (χ2n) is 7.78. The maximum atomic E-state index is 11.9. The van der Waals surface area contributed by atoms with Gasteiger partial charge in [-0.3, -0.25) is 19.8 Å². The molecule has 11 heteroatoms. The minimum atomic E-state index is -1.16. The van der Waals surface area contributed by atoms with E-state index < -0.39 is 6.09 Å². The number of nitrogens with zero attached hydrogens (tertiary/aromatic N) is 3. The van der Waals surface area contributed by atoms with Crippen LogP contribution in [0.3, 0.4) is 0 Å². The predicted octanol–water partition coefficient (Wildman–Crippen LogP) is 2.38. The highest BCUT2D eigenvalue weighted by atomic mass is 32.1. The molecule has 2 aromatic rings. The molecule has 0 aliphatic carbocycles. The van der Waals surface area contributed by atoms with Gasteiger partial charge >= 0.3 is 6.09 Å². The fourth-order valence-corrected chi connectivity index (χ4v) is 4.77. The predicted molar refractivity (Wildman–Crippen MR) is 127 cm³/mol. The van der Waals surface area contributed by atoms with Crippen molar-refractivity contribution in [1.29, 1.82) is 0 Å². The SMILES string of the molecule is CNC(=O)[C@@H]1CCN(Cc2sc(NC(C)=O)nc2CCc2ccc(N=CNC(=O)O)cc2)C1. The number of amides is 3. The monoisotopic (exact) mass is 472 g/mol. The molecule has 1 saturated heterocycles. The Morgan fingerprint density at radius 3 is 2.70 bits per heavy atom. The molecule has 2 heterocycles. The lowest BCUT2D eigenvalue weighted by Crippen LogP contribution is -2.30. The van der Waals surface area contributed by atoms with Crippen LogP contribution in [0.25, 0.3) is 0 Å². The van der Waals surface area contributed by atoms with Gasteiger partial charge in [-0.05, 0) is 43.5 Å². The van der Waals surface area contributed by atoms with Crippen LogP contribution in [0.2, 0.25) is 0 Å². The fourth-order valence-electron chi connectivity index (χ4n) is 3.68. The fraction of sp³-hybridized carbons (Fsp3) is 0.409. The van der Waals surface area contributed by atoms with E-state index in [9.17, 15) is 14.4 Å². The summed E-state index contributed by atoms with van der Waals surface area (Å²) >= 11 is 1.48. The van der Waals surface area contributed by atoms with Gasteiger partial charge < -0.3 is 15.7 Å². The molecular weight excluding hydrogens is 444 g/mol. The quantitative estimate of drug-likeness (QED) is 0.327. The average molecular weight is 473 g/mol. The number of aryl methyl sites for hydroxylation is 2. The minimum absolute atomic E-state index is 0.00746. The first-order valence-electron chi connectivity index (χ1n) is 10.6. The standard InChI is InChI=1S/C22H28N6O4S/c1-14(29)26-21-27-18(19(33-21)12-28-10-9-16(11-28)20(30)23-2)8-5-15-3-6-17(7-4-15)24-13-25-22(31)32/h3-4,6-7,13,16H,5,8-12H2,1-2H3,(H,23,30)(H,24,25)(H,31,32)(H,26,27,29)/t16-/m1/s1. The van der Waals surface area contributed by atoms with Crippen molar-refractivity contribution < 1.29 is 19.5 Å². The van der Waals surface area contributed by atoms with E-state index in [1.807, 2.05) is 24.3 Å². The van der Waals surface area contributed by atoms with Gasteiger partial charge in [0.1, 0.15) is 0 Å². The summed E-state index contributed by atoms with van der Waals surface area (Å²) in [5, 5.41) is 16.7. The Kier molecular flexibility index (Phi) is 8.50. The third-order valence-corrected chi connectivity index (χ3v) is 6.30. The molecule has 1 atom stereocenters. The van der Waals surface area contributed by atoms with Crippen molar-refractivity contribution >= 4 is 46.4 Å². The van der Waals surface area contributed by atoms with E-state index in [1.165, 1.54) is 18.3 Å². The van der Waals surface area contributed by atoms with Crippen LogP contribution >= 0.6 is 11.3 Å². The number of rotatable bonds is 9. The first-order chi connectivity index (χ1) is 15.8. The topological polar surface area (TPSA) is 136 Å². The van der Waals surface area contributed by atoms with Crippen molar-refractivity contribution in [3.63, 3.8) is 0 Å². The lowest BCUT2D eigenvalue weighted by Gasteiger charge is -2.15. The summed E-state index contributed by atoms with van der Waals surface area (Å²) in [5.74, 6) is -0.0724. The normalized spacial score (nSPS) is 16.1. The van der Waals surface area contributed by atoms with Crippen molar-refractivity contribution in [2.24, 2.45) is 10.9 Å². The first-order valence-corrected chi connectivity index (χ1v) is 11.5. The second-order valence-corrected chi connectivity index (χ2v) is 8.86. The highest BCUT2D eigenvalue weighted by Crippen LogP contribution is 2.28. The number of aliphatic imine (C=N–C) groups is 1. The van der Waals surface area contributed by atoms with E-state index in [2.05, 4.69) is 30.8 Å². The number of hydrogen-bond donors (Lipinski definition) is 4. The molecule has 0 spiro atoms. The Hall–Kier alpha value is -3.31. The number of anilines is 1. The zero-order valence-electron chi connectivity index (χ0n) is 18.6. The minimum Gasteiger partial charge on any atom is -0.465 e. The summed E-state index contributed by atoms with van der Waals surface area (Å²) in [6.07, 6.45) is 2.28. The maximum absolute atomic E-state index is 11.9. The molecule has 3 rings (SSSR count). The molecule has 10 nitrogen and oxygen atoms in total. The smallest absolute Gasteiger partial charge is 0.409 e. The largest absolute Gasteiger partial charge is 0.465 e. The second kappa shape index (κ2) is 11.5. The van der Waals surface area contributed by atoms with Gasteiger partial charge in [0.25, 0.3) is 0 Å². The van der Waals surface area contributed by atoms with Gasteiger partial charge in [-0.2, -0.15) is 0 Å². The Morgan fingerprint density at radius 2 is 2.03 bits per heavy atom. The molecule has 3 amide bonds. The number of carbonyl (C=O) groups is 3. The number of thiazole rings is 1. The van der Waals surface area contributed by atoms with Gasteiger partial charge in [-0.1, -0.05) is 12.1 Å². The van der Waals surface area contributed by atoms with E-state index in [0.717, 1.165) is 41.9 Å². The zero-order valence-corrected chi connectivity index (χ0v) is 19.4. The van der Waals surface area contributed by atoms with Crippen molar-refractivity contribution in [2.45, 2.75) is 32.7 Å². The summed E-state index contributed by atoms with van der Waals surface area (Å²) in [6, 6.07) is 7.54. The molecule has 1 aromatic carbocycles. The Bertz CT molecular complexity index is 1020. The Balaban J connectivity index is 1.64. The van der Waals surface area contributed by atoms with Gasteiger partial charge in [-0.25, -0.2) is 14.8 Å². The number of carbonyl (C=O) groups excluding carboxylic acids is 2.